The van der Waals surface area contributed by atoms with Gasteiger partial charge in [-0.2, -0.15) is 0 Å². The lowest BCUT2D eigenvalue weighted by Gasteiger charge is -2.28. The van der Waals surface area contributed by atoms with E-state index in [-0.39, 0.29) is 0 Å². The first-order valence-corrected chi connectivity index (χ1v) is 7.50. The fraction of sp³-hybridized carbons (Fsp3) is 0.733. The summed E-state index contributed by atoms with van der Waals surface area (Å²) in [6.07, 6.45) is 3.75. The molecule has 1 saturated heterocycles. The van der Waals surface area contributed by atoms with Gasteiger partial charge in [0, 0.05) is 37.6 Å². The maximum absolute atomic E-state index is 5.91. The van der Waals surface area contributed by atoms with Crippen LogP contribution < -0.4 is 5.32 Å². The largest absolute Gasteiger partial charge is 0.378 e. The summed E-state index contributed by atoms with van der Waals surface area (Å²) < 4.78 is 5.91. The van der Waals surface area contributed by atoms with E-state index >= 15 is 0 Å². The van der Waals surface area contributed by atoms with Crippen LogP contribution in [0.4, 0.5) is 5.95 Å². The number of hydrogen-bond acceptors (Lipinski definition) is 5. The van der Waals surface area contributed by atoms with Gasteiger partial charge in [-0.25, -0.2) is 9.97 Å². The number of nitrogens with zero attached hydrogens (tertiary/aromatic N) is 3. The third kappa shape index (κ3) is 5.06. The Bertz CT molecular complexity index is 396. The van der Waals surface area contributed by atoms with Crippen molar-refractivity contribution in [1.29, 1.82) is 0 Å². The summed E-state index contributed by atoms with van der Waals surface area (Å²) in [4.78, 5) is 11.1. The van der Waals surface area contributed by atoms with Crippen molar-refractivity contribution < 1.29 is 4.74 Å². The second-order valence-electron chi connectivity index (χ2n) is 5.63. The first kappa shape index (κ1) is 15.2. The third-order valence-electron chi connectivity index (χ3n) is 3.61. The Balaban J connectivity index is 1.59. The molecule has 1 aliphatic rings. The van der Waals surface area contributed by atoms with E-state index in [0.29, 0.717) is 6.10 Å². The van der Waals surface area contributed by atoms with E-state index in [1.807, 2.05) is 19.9 Å². The molecule has 1 fully saturated rings. The first-order valence-electron chi connectivity index (χ1n) is 7.50. The molecule has 1 aliphatic heterocycles. The highest BCUT2D eigenvalue weighted by Gasteiger charge is 2.16. The highest BCUT2D eigenvalue weighted by molar-refractivity contribution is 5.27. The van der Waals surface area contributed by atoms with E-state index in [0.717, 1.165) is 62.8 Å². The van der Waals surface area contributed by atoms with Gasteiger partial charge in [0.1, 0.15) is 0 Å². The van der Waals surface area contributed by atoms with Crippen LogP contribution in [0.15, 0.2) is 6.07 Å². The van der Waals surface area contributed by atoms with Gasteiger partial charge >= 0.3 is 0 Å². The van der Waals surface area contributed by atoms with E-state index in [9.17, 15) is 0 Å². The Labute approximate surface area is 121 Å². The Morgan fingerprint density at radius 2 is 1.90 bits per heavy atom. The minimum Gasteiger partial charge on any atom is -0.378 e. The molecule has 1 aromatic rings. The number of piperidine rings is 1. The van der Waals surface area contributed by atoms with Crippen molar-refractivity contribution in [2.75, 3.05) is 38.6 Å². The average molecular weight is 278 g/mol. The van der Waals surface area contributed by atoms with Crippen LogP contribution in [0.25, 0.3) is 0 Å². The van der Waals surface area contributed by atoms with Crippen molar-refractivity contribution in [2.24, 2.45) is 0 Å². The number of likely N-dealkylation sites (tertiary alicyclic amines) is 1. The zero-order valence-electron chi connectivity index (χ0n) is 12.9. The molecular formula is C15H26N4O. The van der Waals surface area contributed by atoms with E-state index in [4.69, 9.17) is 4.74 Å². The van der Waals surface area contributed by atoms with Crippen LogP contribution in [0.3, 0.4) is 0 Å². The van der Waals surface area contributed by atoms with E-state index in [2.05, 4.69) is 27.2 Å². The molecule has 0 atom stereocenters. The Morgan fingerprint density at radius 1 is 1.25 bits per heavy atom. The number of hydrogen-bond donors (Lipinski definition) is 1. The molecule has 0 saturated carbocycles. The number of rotatable bonds is 6. The molecule has 112 valence electrons. The Kier molecular flexibility index (Phi) is 5.73. The molecule has 1 N–H and O–H groups in total. The molecule has 2 heterocycles. The smallest absolute Gasteiger partial charge is 0.223 e. The van der Waals surface area contributed by atoms with Gasteiger partial charge < -0.3 is 15.0 Å². The van der Waals surface area contributed by atoms with Gasteiger partial charge in [0.15, 0.2) is 0 Å². The fourth-order valence-electron chi connectivity index (χ4n) is 2.48. The van der Waals surface area contributed by atoms with Crippen LogP contribution in [0.1, 0.15) is 30.7 Å². The zero-order chi connectivity index (χ0) is 14.4. The lowest BCUT2D eigenvalue weighted by molar-refractivity contribution is 0.0125. The van der Waals surface area contributed by atoms with Crippen molar-refractivity contribution in [2.45, 2.75) is 39.2 Å². The summed E-state index contributed by atoms with van der Waals surface area (Å²) in [6, 6.07) is 1.98. The predicted molar refractivity (Wildman–Crippen MR) is 81.1 cm³/mol. The molecule has 0 aliphatic carbocycles. The topological polar surface area (TPSA) is 50.3 Å². The van der Waals surface area contributed by atoms with Crippen LogP contribution in [0.2, 0.25) is 0 Å². The first-order chi connectivity index (χ1) is 9.63. The molecule has 2 rings (SSSR count). The number of anilines is 1. The average Bonchev–Trinajstić information content (AvgIpc) is 2.39. The highest BCUT2D eigenvalue weighted by atomic mass is 16.5. The molecule has 0 bridgehead atoms. The molecule has 0 aromatic carbocycles. The Morgan fingerprint density at radius 3 is 2.55 bits per heavy atom. The van der Waals surface area contributed by atoms with Crippen molar-refractivity contribution in [3.63, 3.8) is 0 Å². The summed E-state index contributed by atoms with van der Waals surface area (Å²) in [5.74, 6) is 0.724. The lowest BCUT2D eigenvalue weighted by atomic mass is 10.1. The molecule has 5 heteroatoms. The normalized spacial score (nSPS) is 17.4. The van der Waals surface area contributed by atoms with E-state index in [1.165, 1.54) is 0 Å². The highest BCUT2D eigenvalue weighted by Crippen LogP contribution is 2.12. The molecule has 0 amide bonds. The number of ether oxygens (including phenoxy) is 1. The van der Waals surface area contributed by atoms with Crippen LogP contribution in [-0.4, -0.2) is 54.3 Å². The second-order valence-corrected chi connectivity index (χ2v) is 5.63. The van der Waals surface area contributed by atoms with Crippen LogP contribution in [0.5, 0.6) is 0 Å². The molecule has 5 nitrogen and oxygen atoms in total. The van der Waals surface area contributed by atoms with Crippen LogP contribution >= 0.6 is 0 Å². The van der Waals surface area contributed by atoms with Crippen molar-refractivity contribution in [3.8, 4) is 0 Å². The molecule has 0 radical (unpaired) electrons. The zero-order valence-corrected chi connectivity index (χ0v) is 12.9. The van der Waals surface area contributed by atoms with Gasteiger partial charge in [-0.3, -0.25) is 0 Å². The Hall–Kier alpha value is -1.20. The molecule has 0 unspecified atom stereocenters. The van der Waals surface area contributed by atoms with Crippen molar-refractivity contribution >= 4 is 5.95 Å². The summed E-state index contributed by atoms with van der Waals surface area (Å²) in [7, 11) is 2.17. The van der Waals surface area contributed by atoms with Gasteiger partial charge in [0.2, 0.25) is 5.95 Å². The maximum Gasteiger partial charge on any atom is 0.223 e. The number of aryl methyl sites for hydroxylation is 2. The minimum atomic E-state index is 0.448. The SMILES string of the molecule is Cc1cc(C)nc(NCCCOC2CCN(C)CC2)n1. The third-order valence-corrected chi connectivity index (χ3v) is 3.61. The van der Waals surface area contributed by atoms with Crippen LogP contribution in [0, 0.1) is 13.8 Å². The summed E-state index contributed by atoms with van der Waals surface area (Å²) in [5.41, 5.74) is 2.00. The molecule has 1 aromatic heterocycles. The standard InChI is InChI=1S/C15H26N4O/c1-12-11-13(2)18-15(17-12)16-7-4-10-20-14-5-8-19(3)9-6-14/h11,14H,4-10H2,1-3H3,(H,16,17,18). The van der Waals surface area contributed by atoms with Crippen molar-refractivity contribution in [1.82, 2.24) is 14.9 Å². The summed E-state index contributed by atoms with van der Waals surface area (Å²) in [5, 5.41) is 3.26. The fourth-order valence-corrected chi connectivity index (χ4v) is 2.48. The monoisotopic (exact) mass is 278 g/mol. The molecular weight excluding hydrogens is 252 g/mol. The van der Waals surface area contributed by atoms with Gasteiger partial charge in [0.25, 0.3) is 0 Å². The summed E-state index contributed by atoms with van der Waals surface area (Å²) >= 11 is 0. The van der Waals surface area contributed by atoms with E-state index < -0.39 is 0 Å². The van der Waals surface area contributed by atoms with Gasteiger partial charge in [0.05, 0.1) is 6.10 Å². The van der Waals surface area contributed by atoms with E-state index in [1.54, 1.807) is 0 Å². The van der Waals surface area contributed by atoms with Gasteiger partial charge in [-0.1, -0.05) is 0 Å². The lowest BCUT2D eigenvalue weighted by Crippen LogP contribution is -2.34. The molecule has 20 heavy (non-hydrogen) atoms. The maximum atomic E-state index is 5.91. The number of nitrogens with one attached hydrogen (secondary N) is 1. The quantitative estimate of drug-likeness (QED) is 0.807. The predicted octanol–water partition coefficient (Wildman–Crippen LogP) is 2.01. The number of aromatic nitrogens is 2. The van der Waals surface area contributed by atoms with Gasteiger partial charge in [-0.15, -0.1) is 0 Å². The second kappa shape index (κ2) is 7.55. The molecule has 0 spiro atoms. The summed E-state index contributed by atoms with van der Waals surface area (Å²) in [6.45, 7) is 7.95. The minimum absolute atomic E-state index is 0.448. The van der Waals surface area contributed by atoms with Crippen molar-refractivity contribution in [3.05, 3.63) is 17.5 Å². The van der Waals surface area contributed by atoms with Crippen LogP contribution in [-0.2, 0) is 4.74 Å². The van der Waals surface area contributed by atoms with Gasteiger partial charge in [-0.05, 0) is 46.2 Å².